The van der Waals surface area contributed by atoms with Crippen molar-refractivity contribution in [1.29, 1.82) is 5.26 Å². The zero-order valence-corrected chi connectivity index (χ0v) is 12.4. The fraction of sp³-hybridized carbons (Fsp3) is 0.353. The summed E-state index contributed by atoms with van der Waals surface area (Å²) >= 11 is 0. The molecule has 3 aromatic rings. The standard InChI is InChI=1S/C17H15FN4O/c18-11-5-1-2-6-14(11)23-16-12(8-19)21-9-13-15(16)10-4-3-7-20-17(10)22-13/h3-4,7,9,11,14H,1-2,5-6H2,(H,20,22)/t11-,14-/m0/s1. The largest absolute Gasteiger partial charge is 0.484 e. The minimum absolute atomic E-state index is 0.181. The number of pyridine rings is 2. The van der Waals surface area contributed by atoms with E-state index in [9.17, 15) is 9.65 Å². The van der Waals surface area contributed by atoms with Gasteiger partial charge in [-0.05, 0) is 31.4 Å². The molecule has 1 aliphatic rings. The molecule has 0 bridgehead atoms. The summed E-state index contributed by atoms with van der Waals surface area (Å²) in [5.74, 6) is 0.360. The van der Waals surface area contributed by atoms with Crippen molar-refractivity contribution in [2.45, 2.75) is 38.0 Å². The van der Waals surface area contributed by atoms with E-state index in [1.54, 1.807) is 12.4 Å². The summed E-state index contributed by atoms with van der Waals surface area (Å²) in [5, 5.41) is 11.0. The number of nitrogens with one attached hydrogen (secondary N) is 1. The first-order valence-electron chi connectivity index (χ1n) is 7.74. The van der Waals surface area contributed by atoms with Crippen LogP contribution < -0.4 is 4.74 Å². The molecule has 2 atom stereocenters. The molecular formula is C17H15FN4O. The van der Waals surface area contributed by atoms with E-state index >= 15 is 0 Å². The van der Waals surface area contributed by atoms with Gasteiger partial charge in [0.05, 0.1) is 17.1 Å². The van der Waals surface area contributed by atoms with Crippen LogP contribution in [0.2, 0.25) is 0 Å². The lowest BCUT2D eigenvalue weighted by Gasteiger charge is -2.27. The van der Waals surface area contributed by atoms with E-state index in [-0.39, 0.29) is 5.69 Å². The Morgan fingerprint density at radius 1 is 1.30 bits per heavy atom. The van der Waals surface area contributed by atoms with Gasteiger partial charge >= 0.3 is 0 Å². The van der Waals surface area contributed by atoms with Crippen LogP contribution in [-0.4, -0.2) is 27.2 Å². The Bertz CT molecular complexity index is 914. The van der Waals surface area contributed by atoms with Gasteiger partial charge in [-0.2, -0.15) is 5.26 Å². The Hall–Kier alpha value is -2.68. The summed E-state index contributed by atoms with van der Waals surface area (Å²) in [6, 6.07) is 5.78. The topological polar surface area (TPSA) is 74.6 Å². The predicted octanol–water partition coefficient (Wildman–Crippen LogP) is 3.64. The number of aromatic nitrogens is 3. The maximum Gasteiger partial charge on any atom is 0.183 e. The van der Waals surface area contributed by atoms with E-state index in [0.29, 0.717) is 24.2 Å². The summed E-state index contributed by atoms with van der Waals surface area (Å²) in [7, 11) is 0. The van der Waals surface area contributed by atoms with Crippen LogP contribution in [0.4, 0.5) is 4.39 Å². The molecule has 3 heterocycles. The summed E-state index contributed by atoms with van der Waals surface area (Å²) < 4.78 is 20.1. The minimum Gasteiger partial charge on any atom is -0.484 e. The first-order chi connectivity index (χ1) is 11.3. The highest BCUT2D eigenvalue weighted by Gasteiger charge is 2.28. The molecule has 6 heteroatoms. The molecule has 1 saturated carbocycles. The fourth-order valence-corrected chi connectivity index (χ4v) is 3.22. The molecule has 0 amide bonds. The van der Waals surface area contributed by atoms with Crippen molar-refractivity contribution in [3.05, 3.63) is 30.2 Å². The van der Waals surface area contributed by atoms with E-state index in [1.165, 1.54) is 0 Å². The van der Waals surface area contributed by atoms with E-state index in [1.807, 2.05) is 12.1 Å². The second-order valence-electron chi connectivity index (χ2n) is 5.82. The van der Waals surface area contributed by atoms with Crippen molar-refractivity contribution in [2.24, 2.45) is 0 Å². The van der Waals surface area contributed by atoms with Crippen molar-refractivity contribution < 1.29 is 9.13 Å². The molecule has 116 valence electrons. The second kappa shape index (κ2) is 5.51. The molecule has 1 N–H and O–H groups in total. The lowest BCUT2D eigenvalue weighted by atomic mass is 9.96. The quantitative estimate of drug-likeness (QED) is 0.784. The molecule has 0 unspecified atom stereocenters. The first-order valence-corrected chi connectivity index (χ1v) is 7.74. The van der Waals surface area contributed by atoms with E-state index in [4.69, 9.17) is 4.74 Å². The summed E-state index contributed by atoms with van der Waals surface area (Å²) in [6.45, 7) is 0. The maximum atomic E-state index is 14.2. The number of hydrogen-bond acceptors (Lipinski definition) is 4. The number of halogens is 1. The Kier molecular flexibility index (Phi) is 3.34. The molecule has 0 saturated heterocycles. The highest BCUT2D eigenvalue weighted by atomic mass is 19.1. The fourth-order valence-electron chi connectivity index (χ4n) is 3.22. The van der Waals surface area contributed by atoms with Crippen LogP contribution in [-0.2, 0) is 0 Å². The van der Waals surface area contributed by atoms with Crippen LogP contribution in [0, 0.1) is 11.3 Å². The van der Waals surface area contributed by atoms with E-state index < -0.39 is 12.3 Å². The third-order valence-electron chi connectivity index (χ3n) is 4.36. The number of ether oxygens (including phenoxy) is 1. The lowest BCUT2D eigenvalue weighted by molar-refractivity contribution is 0.0645. The van der Waals surface area contributed by atoms with Crippen molar-refractivity contribution in [2.75, 3.05) is 0 Å². The van der Waals surface area contributed by atoms with Gasteiger partial charge in [0.25, 0.3) is 0 Å². The van der Waals surface area contributed by atoms with Crippen LogP contribution in [0.25, 0.3) is 21.9 Å². The minimum atomic E-state index is -1.01. The third kappa shape index (κ3) is 2.29. The Morgan fingerprint density at radius 2 is 2.17 bits per heavy atom. The Labute approximate surface area is 132 Å². The molecule has 1 fully saturated rings. The van der Waals surface area contributed by atoms with Crippen LogP contribution in [0.1, 0.15) is 31.4 Å². The van der Waals surface area contributed by atoms with Gasteiger partial charge in [0.1, 0.15) is 24.0 Å². The van der Waals surface area contributed by atoms with Gasteiger partial charge in [-0.1, -0.05) is 6.42 Å². The van der Waals surface area contributed by atoms with Gasteiger partial charge in [-0.25, -0.2) is 14.4 Å². The van der Waals surface area contributed by atoms with Gasteiger partial charge in [0.2, 0.25) is 0 Å². The number of hydrogen-bond donors (Lipinski definition) is 1. The van der Waals surface area contributed by atoms with E-state index in [0.717, 1.165) is 29.1 Å². The van der Waals surface area contributed by atoms with Crippen LogP contribution in [0.5, 0.6) is 5.75 Å². The number of H-pyrrole nitrogens is 1. The average Bonchev–Trinajstić information content (AvgIpc) is 2.96. The highest BCUT2D eigenvalue weighted by Crippen LogP contribution is 2.36. The zero-order valence-electron chi connectivity index (χ0n) is 12.4. The SMILES string of the molecule is N#Cc1ncc2[nH]c3ncccc3c2c1O[C@H]1CCCC[C@@H]1F. The normalized spacial score (nSPS) is 21.4. The van der Waals surface area contributed by atoms with Crippen molar-refractivity contribution in [3.8, 4) is 11.8 Å². The third-order valence-corrected chi connectivity index (χ3v) is 4.36. The maximum absolute atomic E-state index is 14.2. The Morgan fingerprint density at radius 3 is 3.00 bits per heavy atom. The molecule has 0 spiro atoms. The van der Waals surface area contributed by atoms with Gasteiger partial charge < -0.3 is 9.72 Å². The molecular weight excluding hydrogens is 295 g/mol. The number of rotatable bonds is 2. The van der Waals surface area contributed by atoms with Crippen LogP contribution in [0.15, 0.2) is 24.5 Å². The number of alkyl halides is 1. The molecule has 4 rings (SSSR count). The lowest BCUT2D eigenvalue weighted by Crippen LogP contribution is -2.32. The first kappa shape index (κ1) is 13.9. The number of nitrogens with zero attached hydrogens (tertiary/aromatic N) is 3. The number of nitriles is 1. The van der Waals surface area contributed by atoms with Crippen molar-refractivity contribution in [1.82, 2.24) is 15.0 Å². The van der Waals surface area contributed by atoms with Gasteiger partial charge in [-0.15, -0.1) is 0 Å². The molecule has 1 aliphatic carbocycles. The molecule has 0 radical (unpaired) electrons. The molecule has 23 heavy (non-hydrogen) atoms. The highest BCUT2D eigenvalue weighted by molar-refractivity contribution is 6.09. The van der Waals surface area contributed by atoms with Crippen LogP contribution >= 0.6 is 0 Å². The molecule has 0 aliphatic heterocycles. The summed E-state index contributed by atoms with van der Waals surface area (Å²) in [4.78, 5) is 11.6. The van der Waals surface area contributed by atoms with Gasteiger partial charge in [0, 0.05) is 11.6 Å². The van der Waals surface area contributed by atoms with Crippen molar-refractivity contribution in [3.63, 3.8) is 0 Å². The number of fused-ring (bicyclic) bond motifs is 3. The van der Waals surface area contributed by atoms with E-state index in [2.05, 4.69) is 21.0 Å². The summed E-state index contributed by atoms with van der Waals surface area (Å²) in [5.41, 5.74) is 1.61. The van der Waals surface area contributed by atoms with Gasteiger partial charge in [-0.3, -0.25) is 0 Å². The zero-order chi connectivity index (χ0) is 15.8. The van der Waals surface area contributed by atoms with Crippen LogP contribution in [0.3, 0.4) is 0 Å². The summed E-state index contributed by atoms with van der Waals surface area (Å²) in [6.07, 6.45) is 4.73. The molecule has 0 aromatic carbocycles. The monoisotopic (exact) mass is 310 g/mol. The predicted molar refractivity (Wildman–Crippen MR) is 83.9 cm³/mol. The van der Waals surface area contributed by atoms with Gasteiger partial charge in [0.15, 0.2) is 11.4 Å². The second-order valence-corrected chi connectivity index (χ2v) is 5.82. The average molecular weight is 310 g/mol. The smallest absolute Gasteiger partial charge is 0.183 e. The Balaban J connectivity index is 1.90. The molecule has 3 aromatic heterocycles. The molecule has 5 nitrogen and oxygen atoms in total. The van der Waals surface area contributed by atoms with Crippen molar-refractivity contribution >= 4 is 21.9 Å². The number of aromatic amines is 1.